The van der Waals surface area contributed by atoms with Crippen LogP contribution in [0.1, 0.15) is 44.2 Å². The molecule has 2 rings (SSSR count). The first-order valence-electron chi connectivity index (χ1n) is 6.90. The van der Waals surface area contributed by atoms with E-state index in [-0.39, 0.29) is 6.04 Å². The van der Waals surface area contributed by atoms with Gasteiger partial charge in [-0.05, 0) is 38.7 Å². The second-order valence-electron chi connectivity index (χ2n) is 4.79. The Kier molecular flexibility index (Phi) is 5.02. The van der Waals surface area contributed by atoms with Crippen molar-refractivity contribution in [3.05, 3.63) is 29.8 Å². The fourth-order valence-corrected chi connectivity index (χ4v) is 2.47. The molecule has 3 nitrogen and oxygen atoms in total. The molecule has 0 spiro atoms. The van der Waals surface area contributed by atoms with Crippen LogP contribution in [0.15, 0.2) is 24.3 Å². The summed E-state index contributed by atoms with van der Waals surface area (Å²) in [6, 6.07) is 8.10. The van der Waals surface area contributed by atoms with E-state index in [0.717, 1.165) is 30.8 Å². The largest absolute Gasteiger partial charge is 0.494 e. The van der Waals surface area contributed by atoms with E-state index in [4.69, 9.17) is 15.2 Å². The zero-order valence-corrected chi connectivity index (χ0v) is 11.1. The third kappa shape index (κ3) is 3.47. The Morgan fingerprint density at radius 1 is 1.44 bits per heavy atom. The summed E-state index contributed by atoms with van der Waals surface area (Å²) >= 11 is 0. The summed E-state index contributed by atoms with van der Waals surface area (Å²) in [4.78, 5) is 0. The van der Waals surface area contributed by atoms with Crippen molar-refractivity contribution >= 4 is 0 Å². The van der Waals surface area contributed by atoms with Crippen LogP contribution < -0.4 is 10.5 Å². The van der Waals surface area contributed by atoms with Gasteiger partial charge in [0.2, 0.25) is 0 Å². The first kappa shape index (κ1) is 13.4. The van der Waals surface area contributed by atoms with Gasteiger partial charge in [-0.25, -0.2) is 0 Å². The second-order valence-corrected chi connectivity index (χ2v) is 4.79. The highest BCUT2D eigenvalue weighted by Gasteiger charge is 2.18. The smallest absolute Gasteiger partial charge is 0.124 e. The number of benzene rings is 1. The minimum Gasteiger partial charge on any atom is -0.494 e. The molecule has 0 aromatic heterocycles. The van der Waals surface area contributed by atoms with Crippen molar-refractivity contribution in [2.45, 2.75) is 44.8 Å². The van der Waals surface area contributed by atoms with E-state index < -0.39 is 0 Å². The van der Waals surface area contributed by atoms with Gasteiger partial charge in [0.1, 0.15) is 5.75 Å². The van der Waals surface area contributed by atoms with Crippen molar-refractivity contribution in [2.75, 3.05) is 13.2 Å². The van der Waals surface area contributed by atoms with Gasteiger partial charge >= 0.3 is 0 Å². The normalized spacial score (nSPS) is 20.9. The SMILES string of the molecule is CCOc1ccccc1C(N)CCC1CCCO1. The molecule has 0 aliphatic carbocycles. The lowest BCUT2D eigenvalue weighted by Gasteiger charge is -2.18. The molecule has 100 valence electrons. The van der Waals surface area contributed by atoms with Gasteiger partial charge in [-0.3, -0.25) is 0 Å². The van der Waals surface area contributed by atoms with Gasteiger partial charge in [-0.2, -0.15) is 0 Å². The Morgan fingerprint density at radius 2 is 2.28 bits per heavy atom. The molecule has 2 unspecified atom stereocenters. The summed E-state index contributed by atoms with van der Waals surface area (Å²) < 4.78 is 11.2. The van der Waals surface area contributed by atoms with Crippen molar-refractivity contribution in [3.63, 3.8) is 0 Å². The number of para-hydroxylation sites is 1. The van der Waals surface area contributed by atoms with Gasteiger partial charge < -0.3 is 15.2 Å². The van der Waals surface area contributed by atoms with E-state index in [9.17, 15) is 0 Å². The zero-order chi connectivity index (χ0) is 12.8. The Bertz CT molecular complexity index is 361. The molecule has 2 N–H and O–H groups in total. The number of nitrogens with two attached hydrogens (primary N) is 1. The lowest BCUT2D eigenvalue weighted by Crippen LogP contribution is -2.15. The first-order chi connectivity index (χ1) is 8.81. The fourth-order valence-electron chi connectivity index (χ4n) is 2.47. The molecule has 3 heteroatoms. The van der Waals surface area contributed by atoms with Crippen LogP contribution in [0.5, 0.6) is 5.75 Å². The monoisotopic (exact) mass is 249 g/mol. The summed E-state index contributed by atoms with van der Waals surface area (Å²) in [6.45, 7) is 3.58. The van der Waals surface area contributed by atoms with E-state index in [0.29, 0.717) is 12.7 Å². The second kappa shape index (κ2) is 6.76. The molecule has 0 amide bonds. The highest BCUT2D eigenvalue weighted by Crippen LogP contribution is 2.28. The van der Waals surface area contributed by atoms with Crippen LogP contribution in [-0.2, 0) is 4.74 Å². The van der Waals surface area contributed by atoms with E-state index in [2.05, 4.69) is 6.07 Å². The number of hydrogen-bond donors (Lipinski definition) is 1. The quantitative estimate of drug-likeness (QED) is 0.842. The molecule has 1 aliphatic heterocycles. The number of ether oxygens (including phenoxy) is 2. The molecular weight excluding hydrogens is 226 g/mol. The van der Waals surface area contributed by atoms with Crippen LogP contribution in [0.25, 0.3) is 0 Å². The molecule has 18 heavy (non-hydrogen) atoms. The van der Waals surface area contributed by atoms with Crippen molar-refractivity contribution < 1.29 is 9.47 Å². The highest BCUT2D eigenvalue weighted by atomic mass is 16.5. The Balaban J connectivity index is 1.92. The van der Waals surface area contributed by atoms with Crippen LogP contribution in [0.2, 0.25) is 0 Å². The van der Waals surface area contributed by atoms with Crippen molar-refractivity contribution in [2.24, 2.45) is 5.73 Å². The van der Waals surface area contributed by atoms with Gasteiger partial charge in [0, 0.05) is 18.2 Å². The van der Waals surface area contributed by atoms with E-state index in [1.54, 1.807) is 0 Å². The molecule has 0 saturated carbocycles. The standard InChI is InChI=1S/C15H23NO2/c1-2-17-15-8-4-3-7-13(15)14(16)10-9-12-6-5-11-18-12/h3-4,7-8,12,14H,2,5-6,9-11,16H2,1H3. The summed E-state index contributed by atoms with van der Waals surface area (Å²) in [5.74, 6) is 0.917. The molecule has 0 bridgehead atoms. The molecule has 0 radical (unpaired) electrons. The third-order valence-corrected chi connectivity index (χ3v) is 3.44. The first-order valence-corrected chi connectivity index (χ1v) is 6.90. The van der Waals surface area contributed by atoms with E-state index in [1.165, 1.54) is 12.8 Å². The van der Waals surface area contributed by atoms with Gasteiger partial charge in [0.15, 0.2) is 0 Å². The Morgan fingerprint density at radius 3 is 3.00 bits per heavy atom. The average Bonchev–Trinajstić information content (AvgIpc) is 2.90. The molecular formula is C15H23NO2. The number of rotatable bonds is 6. The summed E-state index contributed by atoms with van der Waals surface area (Å²) in [6.07, 6.45) is 4.78. The molecule has 1 fully saturated rings. The van der Waals surface area contributed by atoms with Gasteiger partial charge in [0.25, 0.3) is 0 Å². The molecule has 1 saturated heterocycles. The molecule has 1 heterocycles. The lowest BCUT2D eigenvalue weighted by molar-refractivity contribution is 0.101. The van der Waals surface area contributed by atoms with Crippen LogP contribution in [0, 0.1) is 0 Å². The molecule has 1 aromatic rings. The molecule has 2 atom stereocenters. The van der Waals surface area contributed by atoms with Crippen LogP contribution in [-0.4, -0.2) is 19.3 Å². The predicted molar refractivity (Wildman–Crippen MR) is 72.7 cm³/mol. The van der Waals surface area contributed by atoms with Gasteiger partial charge in [-0.1, -0.05) is 18.2 Å². The Hall–Kier alpha value is -1.06. The molecule has 1 aliphatic rings. The van der Waals surface area contributed by atoms with Gasteiger partial charge in [0.05, 0.1) is 12.7 Å². The summed E-state index contributed by atoms with van der Waals surface area (Å²) in [5, 5.41) is 0. The van der Waals surface area contributed by atoms with Crippen LogP contribution in [0.3, 0.4) is 0 Å². The maximum absolute atomic E-state index is 6.27. The highest BCUT2D eigenvalue weighted by molar-refractivity contribution is 5.35. The van der Waals surface area contributed by atoms with Crippen molar-refractivity contribution in [1.29, 1.82) is 0 Å². The van der Waals surface area contributed by atoms with E-state index >= 15 is 0 Å². The summed E-state index contributed by atoms with van der Waals surface area (Å²) in [5.41, 5.74) is 7.38. The maximum atomic E-state index is 6.27. The third-order valence-electron chi connectivity index (χ3n) is 3.44. The predicted octanol–water partition coefficient (Wildman–Crippen LogP) is 3.04. The maximum Gasteiger partial charge on any atom is 0.124 e. The fraction of sp³-hybridized carbons (Fsp3) is 0.600. The minimum absolute atomic E-state index is 0.0388. The van der Waals surface area contributed by atoms with Crippen LogP contribution >= 0.6 is 0 Å². The van der Waals surface area contributed by atoms with Crippen molar-refractivity contribution in [1.82, 2.24) is 0 Å². The lowest BCUT2D eigenvalue weighted by atomic mass is 9.99. The van der Waals surface area contributed by atoms with Crippen LogP contribution in [0.4, 0.5) is 0 Å². The summed E-state index contributed by atoms with van der Waals surface area (Å²) in [7, 11) is 0. The average molecular weight is 249 g/mol. The Labute approximate surface area is 109 Å². The number of hydrogen-bond acceptors (Lipinski definition) is 3. The van der Waals surface area contributed by atoms with Gasteiger partial charge in [-0.15, -0.1) is 0 Å². The minimum atomic E-state index is 0.0388. The van der Waals surface area contributed by atoms with Crippen molar-refractivity contribution in [3.8, 4) is 5.75 Å². The topological polar surface area (TPSA) is 44.5 Å². The van der Waals surface area contributed by atoms with E-state index in [1.807, 2.05) is 25.1 Å². The molecule has 1 aromatic carbocycles. The zero-order valence-electron chi connectivity index (χ0n) is 11.1.